The minimum atomic E-state index is -1.07. The van der Waals surface area contributed by atoms with Gasteiger partial charge in [-0.15, -0.1) is 0 Å². The van der Waals surface area contributed by atoms with Gasteiger partial charge in [0.1, 0.15) is 23.4 Å². The van der Waals surface area contributed by atoms with E-state index in [0.29, 0.717) is 18.6 Å². The molecule has 0 aliphatic heterocycles. The number of carbonyl (C=O) groups is 4. The third-order valence-corrected chi connectivity index (χ3v) is 7.31. The minimum absolute atomic E-state index is 0.107. The van der Waals surface area contributed by atoms with E-state index in [1.54, 1.807) is 39.8 Å². The lowest BCUT2D eigenvalue weighted by Crippen LogP contribution is -2.59. The number of hydrogen-bond acceptors (Lipinski definition) is 7. The van der Waals surface area contributed by atoms with Crippen LogP contribution in [0.15, 0.2) is 36.4 Å². The van der Waals surface area contributed by atoms with Gasteiger partial charge in [0.15, 0.2) is 0 Å². The van der Waals surface area contributed by atoms with E-state index in [9.17, 15) is 19.2 Å². The quantitative estimate of drug-likeness (QED) is 0.298. The third kappa shape index (κ3) is 9.20. The van der Waals surface area contributed by atoms with Gasteiger partial charge in [-0.1, -0.05) is 38.1 Å². The normalized spacial score (nSPS) is 14.4. The summed E-state index contributed by atoms with van der Waals surface area (Å²) < 4.78 is 16.0. The van der Waals surface area contributed by atoms with Crippen LogP contribution in [0.2, 0.25) is 0 Å². The summed E-state index contributed by atoms with van der Waals surface area (Å²) in [6, 6.07) is 8.99. The molecular formula is C33H45N3O7. The highest BCUT2D eigenvalue weighted by Crippen LogP contribution is 2.29. The molecule has 0 radical (unpaired) electrons. The van der Waals surface area contributed by atoms with E-state index in [2.05, 4.69) is 5.32 Å². The molecule has 1 unspecified atom stereocenters. The summed E-state index contributed by atoms with van der Waals surface area (Å²) in [5.74, 6) is -0.603. The first kappa shape index (κ1) is 33.4. The van der Waals surface area contributed by atoms with Crippen LogP contribution in [0.1, 0.15) is 69.4 Å². The van der Waals surface area contributed by atoms with Crippen molar-refractivity contribution in [3.8, 4) is 5.75 Å². The van der Waals surface area contributed by atoms with E-state index >= 15 is 0 Å². The van der Waals surface area contributed by atoms with Crippen LogP contribution in [0, 0.1) is 19.8 Å². The first-order valence-corrected chi connectivity index (χ1v) is 14.7. The Morgan fingerprint density at radius 1 is 1.00 bits per heavy atom. The fourth-order valence-electron chi connectivity index (χ4n) is 5.29. The highest BCUT2D eigenvalue weighted by molar-refractivity contribution is 5.91. The van der Waals surface area contributed by atoms with E-state index in [1.165, 1.54) is 4.90 Å². The van der Waals surface area contributed by atoms with Crippen molar-refractivity contribution in [1.29, 1.82) is 0 Å². The molecule has 0 heterocycles. The van der Waals surface area contributed by atoms with Crippen molar-refractivity contribution in [1.82, 2.24) is 10.2 Å². The van der Waals surface area contributed by atoms with Gasteiger partial charge in [-0.2, -0.15) is 0 Å². The number of nitrogens with zero attached hydrogens (tertiary/aromatic N) is 1. The van der Waals surface area contributed by atoms with E-state index in [-0.39, 0.29) is 25.0 Å². The second-order valence-electron chi connectivity index (χ2n) is 12.7. The predicted molar refractivity (Wildman–Crippen MR) is 163 cm³/mol. The number of amides is 3. The second-order valence-corrected chi connectivity index (χ2v) is 12.7. The summed E-state index contributed by atoms with van der Waals surface area (Å²) in [4.78, 5) is 53.4. The first-order chi connectivity index (χ1) is 20.1. The van der Waals surface area contributed by atoms with Gasteiger partial charge in [-0.05, 0) is 100 Å². The van der Waals surface area contributed by atoms with Crippen molar-refractivity contribution in [3.63, 3.8) is 0 Å². The molecule has 0 fully saturated rings. The molecule has 10 heteroatoms. The number of ether oxygens (including phenoxy) is 3. The molecule has 2 aromatic carbocycles. The summed E-state index contributed by atoms with van der Waals surface area (Å²) >= 11 is 0. The number of aryl methyl sites for hydroxylation is 2. The lowest BCUT2D eigenvalue weighted by molar-refractivity contribution is -0.143. The zero-order chi connectivity index (χ0) is 32.1. The number of primary amides is 1. The number of rotatable bonds is 10. The minimum Gasteiger partial charge on any atom is -0.444 e. The predicted octanol–water partition coefficient (Wildman–Crippen LogP) is 4.78. The number of carbonyl (C=O) groups excluding carboxylic acids is 4. The Kier molecular flexibility index (Phi) is 10.8. The summed E-state index contributed by atoms with van der Waals surface area (Å²) in [5, 5.41) is 2.76. The molecule has 43 heavy (non-hydrogen) atoms. The molecule has 1 aliphatic rings. The second kappa shape index (κ2) is 13.9. The van der Waals surface area contributed by atoms with Gasteiger partial charge in [0, 0.05) is 12.5 Å². The highest BCUT2D eigenvalue weighted by Gasteiger charge is 2.39. The van der Waals surface area contributed by atoms with Gasteiger partial charge >= 0.3 is 12.2 Å². The topological polar surface area (TPSA) is 137 Å². The largest absolute Gasteiger partial charge is 0.513 e. The van der Waals surface area contributed by atoms with E-state index < -0.39 is 41.7 Å². The average Bonchev–Trinajstić information content (AvgIpc) is 3.31. The number of nitrogens with one attached hydrogen (secondary N) is 1. The molecule has 0 saturated heterocycles. The molecule has 1 aliphatic carbocycles. The fraction of sp³-hybridized carbons (Fsp3) is 0.515. The van der Waals surface area contributed by atoms with Crippen molar-refractivity contribution in [3.05, 3.63) is 64.2 Å². The number of fused-ring (bicyclic) bond motifs is 1. The molecule has 10 nitrogen and oxygen atoms in total. The van der Waals surface area contributed by atoms with Crippen LogP contribution < -0.4 is 15.8 Å². The molecule has 0 saturated carbocycles. The monoisotopic (exact) mass is 595 g/mol. The molecule has 0 aromatic heterocycles. The Morgan fingerprint density at radius 2 is 1.56 bits per heavy atom. The standard InChI is InChI=1S/C33H45N3O7/c1-19(2)18-41-32(40)42-26-13-20(3)27(21(4)14-26)17-28(35-31(39)43-33(6,7)8)30(38)36(22(5)29(34)37)25-15-23-11-9-10-12-24(23)16-25/h9-14,19,22,25,28H,15-18H2,1-8H3,(H2,34,37)(H,35,39)/t22-,28?/m1/s1. The Hall–Kier alpha value is -4.08. The van der Waals surface area contributed by atoms with E-state index in [0.717, 1.165) is 27.8 Å². The van der Waals surface area contributed by atoms with Crippen LogP contribution >= 0.6 is 0 Å². The Morgan fingerprint density at radius 3 is 2.05 bits per heavy atom. The molecule has 2 atom stereocenters. The molecular weight excluding hydrogens is 550 g/mol. The van der Waals surface area contributed by atoms with Crippen LogP contribution in [-0.4, -0.2) is 59.3 Å². The highest BCUT2D eigenvalue weighted by atomic mass is 16.7. The molecule has 3 amide bonds. The average molecular weight is 596 g/mol. The van der Waals surface area contributed by atoms with Crippen LogP contribution in [0.5, 0.6) is 5.75 Å². The lowest BCUT2D eigenvalue weighted by Gasteiger charge is -2.36. The smallest absolute Gasteiger partial charge is 0.444 e. The Labute approximate surface area is 254 Å². The number of alkyl carbamates (subject to hydrolysis) is 1. The maximum Gasteiger partial charge on any atom is 0.513 e. The Bertz CT molecular complexity index is 1300. The fourth-order valence-corrected chi connectivity index (χ4v) is 5.29. The molecule has 2 aromatic rings. The maximum absolute atomic E-state index is 14.4. The number of hydrogen-bond donors (Lipinski definition) is 2. The summed E-state index contributed by atoms with van der Waals surface area (Å²) in [6.45, 7) is 14.6. The van der Waals surface area contributed by atoms with E-state index in [1.807, 2.05) is 52.0 Å². The van der Waals surface area contributed by atoms with Crippen molar-refractivity contribution >= 4 is 24.1 Å². The first-order valence-electron chi connectivity index (χ1n) is 14.7. The van der Waals surface area contributed by atoms with Crippen LogP contribution in [0.4, 0.5) is 9.59 Å². The molecule has 3 N–H and O–H groups in total. The zero-order valence-electron chi connectivity index (χ0n) is 26.5. The molecule has 234 valence electrons. The van der Waals surface area contributed by atoms with Gasteiger partial charge in [-0.3, -0.25) is 9.59 Å². The molecule has 0 spiro atoms. The Balaban J connectivity index is 1.94. The number of nitrogens with two attached hydrogens (primary N) is 1. The van der Waals surface area contributed by atoms with Gasteiger partial charge in [0.2, 0.25) is 11.8 Å². The van der Waals surface area contributed by atoms with Crippen molar-refractivity contribution < 1.29 is 33.4 Å². The summed E-state index contributed by atoms with van der Waals surface area (Å²) in [6.07, 6.45) is -0.315. The van der Waals surface area contributed by atoms with Crippen LogP contribution in [0.25, 0.3) is 0 Å². The van der Waals surface area contributed by atoms with E-state index in [4.69, 9.17) is 19.9 Å². The lowest BCUT2D eigenvalue weighted by atomic mass is 9.94. The van der Waals surface area contributed by atoms with Gasteiger partial charge in [0.05, 0.1) is 6.61 Å². The maximum atomic E-state index is 14.4. The number of benzene rings is 2. The van der Waals surface area contributed by atoms with Gasteiger partial charge < -0.3 is 30.2 Å². The van der Waals surface area contributed by atoms with Crippen molar-refractivity contribution in [2.45, 2.75) is 98.4 Å². The van der Waals surface area contributed by atoms with Crippen molar-refractivity contribution in [2.75, 3.05) is 6.61 Å². The van der Waals surface area contributed by atoms with Gasteiger partial charge in [-0.25, -0.2) is 9.59 Å². The zero-order valence-corrected chi connectivity index (χ0v) is 26.5. The van der Waals surface area contributed by atoms with Crippen molar-refractivity contribution in [2.24, 2.45) is 11.7 Å². The van der Waals surface area contributed by atoms with Gasteiger partial charge in [0.25, 0.3) is 0 Å². The molecule has 0 bridgehead atoms. The van der Waals surface area contributed by atoms with Crippen LogP contribution in [-0.2, 0) is 38.3 Å². The summed E-state index contributed by atoms with van der Waals surface area (Å²) in [5.41, 5.74) is 9.42. The van der Waals surface area contributed by atoms with Crippen LogP contribution in [0.3, 0.4) is 0 Å². The molecule has 3 rings (SSSR count). The third-order valence-electron chi connectivity index (χ3n) is 7.31. The summed E-state index contributed by atoms with van der Waals surface area (Å²) in [7, 11) is 0. The SMILES string of the molecule is Cc1cc(OC(=O)OCC(C)C)cc(C)c1CC(NC(=O)OC(C)(C)C)C(=O)N(C1Cc2ccccc2C1)[C@H](C)C(N)=O.